The number of aromatic nitrogens is 2. The van der Waals surface area contributed by atoms with E-state index in [-0.39, 0.29) is 6.61 Å². The van der Waals surface area contributed by atoms with Gasteiger partial charge in [0.2, 0.25) is 0 Å². The minimum absolute atomic E-state index is 0.243. The highest BCUT2D eigenvalue weighted by atomic mass is 16.3. The summed E-state index contributed by atoms with van der Waals surface area (Å²) in [5.41, 5.74) is 2.36. The van der Waals surface area contributed by atoms with E-state index in [4.69, 9.17) is 5.11 Å². The van der Waals surface area contributed by atoms with Gasteiger partial charge in [-0.15, -0.1) is 0 Å². The Bertz CT molecular complexity index is 422. The number of hydrogen-bond acceptors (Lipinski definition) is 3. The van der Waals surface area contributed by atoms with Crippen LogP contribution in [0.15, 0.2) is 43.0 Å². The van der Waals surface area contributed by atoms with E-state index in [0.29, 0.717) is 0 Å². The highest BCUT2D eigenvalue weighted by molar-refractivity contribution is 5.34. The van der Waals surface area contributed by atoms with Crippen LogP contribution in [0.3, 0.4) is 0 Å². The van der Waals surface area contributed by atoms with E-state index < -0.39 is 0 Å². The van der Waals surface area contributed by atoms with Gasteiger partial charge in [0.05, 0.1) is 6.33 Å². The first-order chi connectivity index (χ1) is 8.40. The molecule has 0 fully saturated rings. The maximum absolute atomic E-state index is 8.66. The van der Waals surface area contributed by atoms with Crippen molar-refractivity contribution in [3.63, 3.8) is 0 Å². The van der Waals surface area contributed by atoms with Crippen molar-refractivity contribution in [1.82, 2.24) is 14.9 Å². The smallest absolute Gasteiger partial charge is 0.0991 e. The molecule has 0 saturated heterocycles. The molecule has 4 heteroatoms. The lowest BCUT2D eigenvalue weighted by atomic mass is 10.2. The van der Waals surface area contributed by atoms with Crippen molar-refractivity contribution < 1.29 is 5.11 Å². The number of aliphatic hydroxyl groups is 1. The Kier molecular flexibility index (Phi) is 4.30. The van der Waals surface area contributed by atoms with Crippen LogP contribution in [-0.2, 0) is 6.54 Å². The van der Waals surface area contributed by atoms with Crippen molar-refractivity contribution in [2.24, 2.45) is 0 Å². The summed E-state index contributed by atoms with van der Waals surface area (Å²) < 4.78 is 1.98. The summed E-state index contributed by atoms with van der Waals surface area (Å²) >= 11 is 0. The number of aliphatic hydroxyl groups excluding tert-OH is 1. The first-order valence-corrected chi connectivity index (χ1v) is 5.79. The SMILES string of the molecule is OCCCNCc1ccc(-n2ccnc2)cc1. The molecule has 1 aromatic carbocycles. The summed E-state index contributed by atoms with van der Waals surface area (Å²) in [4.78, 5) is 4.02. The Hall–Kier alpha value is -1.65. The minimum Gasteiger partial charge on any atom is -0.396 e. The quantitative estimate of drug-likeness (QED) is 0.738. The summed E-state index contributed by atoms with van der Waals surface area (Å²) in [6, 6.07) is 8.35. The molecule has 0 bridgehead atoms. The normalized spacial score (nSPS) is 10.6. The lowest BCUT2D eigenvalue weighted by Gasteiger charge is -2.06. The molecule has 0 saturated carbocycles. The largest absolute Gasteiger partial charge is 0.396 e. The number of hydrogen-bond donors (Lipinski definition) is 2. The van der Waals surface area contributed by atoms with E-state index in [1.807, 2.05) is 10.8 Å². The standard InChI is InChI=1S/C13H17N3O/c17-9-1-6-14-10-12-2-4-13(5-3-12)16-8-7-15-11-16/h2-5,7-8,11,14,17H,1,6,9-10H2. The van der Waals surface area contributed by atoms with Crippen LogP contribution in [0.25, 0.3) is 5.69 Å². The number of rotatable bonds is 6. The van der Waals surface area contributed by atoms with Crippen LogP contribution in [-0.4, -0.2) is 27.8 Å². The highest BCUT2D eigenvalue weighted by Crippen LogP contribution is 2.08. The van der Waals surface area contributed by atoms with E-state index in [1.54, 1.807) is 12.5 Å². The monoisotopic (exact) mass is 231 g/mol. The van der Waals surface area contributed by atoms with E-state index in [1.165, 1.54) is 5.56 Å². The molecule has 4 nitrogen and oxygen atoms in total. The number of nitrogens with zero attached hydrogens (tertiary/aromatic N) is 2. The summed E-state index contributed by atoms with van der Waals surface area (Å²) in [5.74, 6) is 0. The van der Waals surface area contributed by atoms with Gasteiger partial charge in [-0.1, -0.05) is 12.1 Å². The van der Waals surface area contributed by atoms with Gasteiger partial charge in [0.25, 0.3) is 0 Å². The maximum Gasteiger partial charge on any atom is 0.0991 e. The van der Waals surface area contributed by atoms with Gasteiger partial charge in [-0.3, -0.25) is 0 Å². The molecule has 1 aromatic heterocycles. The van der Waals surface area contributed by atoms with Gasteiger partial charge in [-0.25, -0.2) is 4.98 Å². The number of benzene rings is 1. The highest BCUT2D eigenvalue weighted by Gasteiger charge is 1.96. The number of nitrogens with one attached hydrogen (secondary N) is 1. The predicted molar refractivity (Wildman–Crippen MR) is 67.0 cm³/mol. The lowest BCUT2D eigenvalue weighted by Crippen LogP contribution is -2.15. The van der Waals surface area contributed by atoms with Gasteiger partial charge in [0.1, 0.15) is 0 Å². The van der Waals surface area contributed by atoms with Crippen molar-refractivity contribution in [3.05, 3.63) is 48.5 Å². The summed E-state index contributed by atoms with van der Waals surface area (Å²) in [6.07, 6.45) is 6.28. The zero-order valence-corrected chi connectivity index (χ0v) is 9.71. The average Bonchev–Trinajstić information content (AvgIpc) is 2.89. The van der Waals surface area contributed by atoms with Crippen molar-refractivity contribution in [2.45, 2.75) is 13.0 Å². The summed E-state index contributed by atoms with van der Waals surface area (Å²) in [6.45, 7) is 1.93. The van der Waals surface area contributed by atoms with E-state index >= 15 is 0 Å². The summed E-state index contributed by atoms with van der Waals surface area (Å²) in [7, 11) is 0. The Morgan fingerprint density at radius 1 is 1.24 bits per heavy atom. The second-order valence-electron chi connectivity index (χ2n) is 3.89. The van der Waals surface area contributed by atoms with Crippen LogP contribution in [0.5, 0.6) is 0 Å². The van der Waals surface area contributed by atoms with Crippen molar-refractivity contribution in [2.75, 3.05) is 13.2 Å². The zero-order valence-electron chi connectivity index (χ0n) is 9.71. The fourth-order valence-electron chi connectivity index (χ4n) is 1.63. The van der Waals surface area contributed by atoms with Crippen LogP contribution in [0.2, 0.25) is 0 Å². The first-order valence-electron chi connectivity index (χ1n) is 5.79. The van der Waals surface area contributed by atoms with E-state index in [0.717, 1.165) is 25.2 Å². The Morgan fingerprint density at radius 2 is 2.06 bits per heavy atom. The van der Waals surface area contributed by atoms with Crippen LogP contribution in [0.4, 0.5) is 0 Å². The van der Waals surface area contributed by atoms with Crippen LogP contribution >= 0.6 is 0 Å². The topological polar surface area (TPSA) is 50.1 Å². The molecule has 17 heavy (non-hydrogen) atoms. The van der Waals surface area contributed by atoms with Gasteiger partial charge in [0.15, 0.2) is 0 Å². The molecule has 0 aliphatic carbocycles. The van der Waals surface area contributed by atoms with Gasteiger partial charge >= 0.3 is 0 Å². The second kappa shape index (κ2) is 6.18. The van der Waals surface area contributed by atoms with E-state index in [2.05, 4.69) is 34.6 Å². The van der Waals surface area contributed by atoms with Crippen LogP contribution in [0, 0.1) is 0 Å². The molecule has 0 amide bonds. The Morgan fingerprint density at radius 3 is 2.71 bits per heavy atom. The van der Waals surface area contributed by atoms with E-state index in [9.17, 15) is 0 Å². The fourth-order valence-corrected chi connectivity index (χ4v) is 1.63. The molecular formula is C13H17N3O. The molecule has 0 aliphatic heterocycles. The van der Waals surface area contributed by atoms with Gasteiger partial charge in [0, 0.05) is 31.2 Å². The predicted octanol–water partition coefficient (Wildman–Crippen LogP) is 1.34. The molecule has 2 rings (SSSR count). The Labute approximate surface area is 101 Å². The fraction of sp³-hybridized carbons (Fsp3) is 0.308. The first kappa shape index (κ1) is 11.8. The molecule has 0 radical (unpaired) electrons. The molecular weight excluding hydrogens is 214 g/mol. The van der Waals surface area contributed by atoms with Crippen LogP contribution in [0.1, 0.15) is 12.0 Å². The molecule has 1 heterocycles. The zero-order chi connectivity index (χ0) is 11.9. The Balaban J connectivity index is 1.90. The minimum atomic E-state index is 0.243. The van der Waals surface area contributed by atoms with Crippen molar-refractivity contribution in [3.8, 4) is 5.69 Å². The maximum atomic E-state index is 8.66. The summed E-state index contributed by atoms with van der Waals surface area (Å²) in [5, 5.41) is 11.9. The second-order valence-corrected chi connectivity index (χ2v) is 3.89. The van der Waals surface area contributed by atoms with Crippen molar-refractivity contribution in [1.29, 1.82) is 0 Å². The molecule has 2 N–H and O–H groups in total. The third-order valence-electron chi connectivity index (χ3n) is 2.58. The molecule has 2 aromatic rings. The lowest BCUT2D eigenvalue weighted by molar-refractivity contribution is 0.286. The third kappa shape index (κ3) is 3.41. The van der Waals surface area contributed by atoms with Gasteiger partial charge < -0.3 is 15.0 Å². The molecule has 0 aliphatic rings. The molecule has 0 spiro atoms. The van der Waals surface area contributed by atoms with Crippen molar-refractivity contribution >= 4 is 0 Å². The number of imidazole rings is 1. The molecule has 90 valence electrons. The van der Waals surface area contributed by atoms with Gasteiger partial charge in [-0.05, 0) is 30.7 Å². The average molecular weight is 231 g/mol. The molecule has 0 unspecified atom stereocenters. The molecule has 0 atom stereocenters. The van der Waals surface area contributed by atoms with Gasteiger partial charge in [-0.2, -0.15) is 0 Å². The third-order valence-corrected chi connectivity index (χ3v) is 2.58. The van der Waals surface area contributed by atoms with Crippen LogP contribution < -0.4 is 5.32 Å².